The second-order valence-corrected chi connectivity index (χ2v) is 10.3. The van der Waals surface area contributed by atoms with Crippen molar-refractivity contribution >= 4 is 62.6 Å². The molecule has 0 saturated carbocycles. The van der Waals surface area contributed by atoms with Crippen LogP contribution in [0.3, 0.4) is 0 Å². The predicted octanol–water partition coefficient (Wildman–Crippen LogP) is 4.43. The second-order valence-electron chi connectivity index (χ2n) is 9.31. The summed E-state index contributed by atoms with van der Waals surface area (Å²) in [6.45, 7) is 5.55. The molecule has 0 saturated heterocycles. The lowest BCUT2D eigenvalue weighted by atomic mass is 10.3. The van der Waals surface area contributed by atoms with E-state index < -0.39 is 18.0 Å². The zero-order valence-corrected chi connectivity index (χ0v) is 24.5. The summed E-state index contributed by atoms with van der Waals surface area (Å²) in [6, 6.07) is 9.73. The van der Waals surface area contributed by atoms with Gasteiger partial charge in [-0.3, -0.25) is 4.79 Å². The van der Waals surface area contributed by atoms with E-state index in [0.717, 1.165) is 16.3 Å². The van der Waals surface area contributed by atoms with Crippen molar-refractivity contribution in [3.8, 4) is 11.2 Å². The van der Waals surface area contributed by atoms with Gasteiger partial charge in [0.15, 0.2) is 17.3 Å². The molecule has 0 aliphatic carbocycles. The molecule has 0 amide bonds. The van der Waals surface area contributed by atoms with Crippen LogP contribution in [0.5, 0.6) is 0 Å². The number of esters is 1. The first kappa shape index (κ1) is 30.5. The van der Waals surface area contributed by atoms with Crippen LogP contribution >= 0.6 is 11.3 Å². The normalized spacial score (nSPS) is 11.7. The predicted molar refractivity (Wildman–Crippen MR) is 162 cm³/mol. The number of carbonyl (C=O) groups excluding carboxylic acids is 1. The summed E-state index contributed by atoms with van der Waals surface area (Å²) in [5.74, 6) is -0.579. The van der Waals surface area contributed by atoms with E-state index in [1.165, 1.54) is 22.2 Å². The number of rotatable bonds is 14. The van der Waals surface area contributed by atoms with E-state index in [-0.39, 0.29) is 48.2 Å². The highest BCUT2D eigenvalue weighted by molar-refractivity contribution is 7.20. The average molecular weight is 604 g/mol. The topological polar surface area (TPSA) is 196 Å². The molecular formula is C27H29N11O4S. The lowest BCUT2D eigenvalue weighted by molar-refractivity contribution is -0.141. The number of para-hydroxylation sites is 1. The summed E-state index contributed by atoms with van der Waals surface area (Å²) in [5.41, 5.74) is 1.16. The van der Waals surface area contributed by atoms with Crippen LogP contribution in [-0.4, -0.2) is 75.1 Å². The SMILES string of the molecule is C=CC(=O)OC(C)CNc1nc(N(C)C)nc(NCCCC(=O)O)c1N=Nc1nn(-c2nc3ccccc3s2)cc1C#N. The molecule has 4 rings (SSSR count). The first-order valence-electron chi connectivity index (χ1n) is 13.1. The third-order valence-corrected chi connectivity index (χ3v) is 6.74. The van der Waals surface area contributed by atoms with Crippen LogP contribution in [0.1, 0.15) is 25.3 Å². The number of fused-ring (bicyclic) bond motifs is 1. The van der Waals surface area contributed by atoms with Crippen LogP contribution in [0.15, 0.2) is 53.3 Å². The molecule has 0 bridgehead atoms. The number of nitrogens with one attached hydrogen (secondary N) is 2. The maximum atomic E-state index is 11.6. The Morgan fingerprint density at radius 2 is 1.98 bits per heavy atom. The van der Waals surface area contributed by atoms with Gasteiger partial charge in [-0.05, 0) is 25.5 Å². The lowest BCUT2D eigenvalue weighted by Crippen LogP contribution is -2.23. The molecular weight excluding hydrogens is 574 g/mol. The average Bonchev–Trinajstić information content (AvgIpc) is 3.61. The van der Waals surface area contributed by atoms with Gasteiger partial charge in [0, 0.05) is 33.1 Å². The van der Waals surface area contributed by atoms with E-state index in [1.54, 1.807) is 25.9 Å². The molecule has 3 N–H and O–H groups in total. The van der Waals surface area contributed by atoms with Crippen molar-refractivity contribution in [2.75, 3.05) is 42.7 Å². The van der Waals surface area contributed by atoms with Crippen molar-refractivity contribution in [1.29, 1.82) is 5.26 Å². The highest BCUT2D eigenvalue weighted by atomic mass is 32.1. The Labute approximate surface area is 250 Å². The number of hydrogen-bond acceptors (Lipinski definition) is 14. The van der Waals surface area contributed by atoms with Crippen molar-refractivity contribution < 1.29 is 19.4 Å². The maximum Gasteiger partial charge on any atom is 0.330 e. The largest absolute Gasteiger partial charge is 0.481 e. The molecule has 43 heavy (non-hydrogen) atoms. The molecule has 0 aliphatic rings. The number of ether oxygens (including phenoxy) is 1. The van der Waals surface area contributed by atoms with E-state index >= 15 is 0 Å². The zero-order valence-electron chi connectivity index (χ0n) is 23.7. The summed E-state index contributed by atoms with van der Waals surface area (Å²) in [6.07, 6.45) is 2.34. The number of carboxylic acid groups (broad SMARTS) is 1. The summed E-state index contributed by atoms with van der Waals surface area (Å²) >= 11 is 1.41. The molecule has 1 atom stereocenters. The number of carbonyl (C=O) groups is 2. The van der Waals surface area contributed by atoms with Crippen molar-refractivity contribution in [2.45, 2.75) is 25.9 Å². The van der Waals surface area contributed by atoms with Gasteiger partial charge in [0.2, 0.25) is 16.9 Å². The van der Waals surface area contributed by atoms with Gasteiger partial charge in [-0.15, -0.1) is 15.3 Å². The molecule has 1 aromatic carbocycles. The molecule has 222 valence electrons. The van der Waals surface area contributed by atoms with E-state index in [2.05, 4.69) is 53.6 Å². The van der Waals surface area contributed by atoms with Gasteiger partial charge in [0.25, 0.3) is 0 Å². The fourth-order valence-electron chi connectivity index (χ4n) is 3.63. The number of hydrogen-bond donors (Lipinski definition) is 3. The number of nitrogens with zero attached hydrogens (tertiary/aromatic N) is 9. The fraction of sp³-hybridized carbons (Fsp3) is 0.296. The minimum atomic E-state index is -0.920. The van der Waals surface area contributed by atoms with Gasteiger partial charge in [-0.2, -0.15) is 15.2 Å². The molecule has 4 aromatic rings. The fourth-order valence-corrected chi connectivity index (χ4v) is 4.52. The Hall–Kier alpha value is -5.43. The van der Waals surface area contributed by atoms with Crippen molar-refractivity contribution in [2.24, 2.45) is 10.2 Å². The van der Waals surface area contributed by atoms with Crippen LogP contribution in [0, 0.1) is 11.3 Å². The Morgan fingerprint density at radius 3 is 2.65 bits per heavy atom. The smallest absolute Gasteiger partial charge is 0.330 e. The van der Waals surface area contributed by atoms with E-state index in [9.17, 15) is 14.9 Å². The van der Waals surface area contributed by atoms with Crippen molar-refractivity contribution in [3.05, 3.63) is 48.7 Å². The number of carboxylic acids is 1. The van der Waals surface area contributed by atoms with Gasteiger partial charge in [-0.1, -0.05) is 30.0 Å². The lowest BCUT2D eigenvalue weighted by Gasteiger charge is -2.19. The summed E-state index contributed by atoms with van der Waals surface area (Å²) < 4.78 is 7.69. The highest BCUT2D eigenvalue weighted by Gasteiger charge is 2.19. The maximum absolute atomic E-state index is 11.6. The van der Waals surface area contributed by atoms with Crippen LogP contribution in [-0.2, 0) is 14.3 Å². The Kier molecular flexibility index (Phi) is 9.91. The summed E-state index contributed by atoms with van der Waals surface area (Å²) in [5, 5.41) is 38.7. The number of azo groups is 1. The van der Waals surface area contributed by atoms with Crippen LogP contribution in [0.2, 0.25) is 0 Å². The molecule has 15 nitrogen and oxygen atoms in total. The Balaban J connectivity index is 1.70. The molecule has 0 spiro atoms. The second kappa shape index (κ2) is 14.0. The third-order valence-electron chi connectivity index (χ3n) is 5.71. The standard InChI is InChI=1S/C27H29N11O4S/c1-5-21(41)42-16(2)14-30-25-22(24(29-12-8-11-20(39)40)32-26(33-25)37(3)4)34-35-23-17(13-28)15-38(36-23)27-31-18-9-6-7-10-19(18)43-27/h5-7,9-10,15-16H,1,8,11-12,14H2,2-4H3,(H,39,40)(H2,29,30,32,33). The van der Waals surface area contributed by atoms with Gasteiger partial charge in [-0.25, -0.2) is 14.5 Å². The summed E-state index contributed by atoms with van der Waals surface area (Å²) in [7, 11) is 3.52. The van der Waals surface area contributed by atoms with Gasteiger partial charge in [0.05, 0.1) is 23.0 Å². The van der Waals surface area contributed by atoms with Crippen LogP contribution in [0.4, 0.5) is 29.1 Å². The van der Waals surface area contributed by atoms with E-state index in [0.29, 0.717) is 17.5 Å². The van der Waals surface area contributed by atoms with Crippen LogP contribution in [0.25, 0.3) is 15.3 Å². The monoisotopic (exact) mass is 603 g/mol. The first-order chi connectivity index (χ1) is 20.7. The first-order valence-corrected chi connectivity index (χ1v) is 13.9. The Bertz CT molecular complexity index is 1670. The molecule has 3 heterocycles. The molecule has 0 radical (unpaired) electrons. The van der Waals surface area contributed by atoms with Crippen molar-refractivity contribution in [1.82, 2.24) is 24.7 Å². The number of aliphatic carboxylic acids is 1. The molecule has 3 aromatic heterocycles. The third kappa shape index (κ3) is 7.86. The highest BCUT2D eigenvalue weighted by Crippen LogP contribution is 2.35. The molecule has 1 unspecified atom stereocenters. The van der Waals surface area contributed by atoms with Crippen molar-refractivity contribution in [3.63, 3.8) is 0 Å². The minimum absolute atomic E-state index is 0.0402. The van der Waals surface area contributed by atoms with Gasteiger partial charge in [0.1, 0.15) is 17.7 Å². The number of nitriles is 1. The Morgan fingerprint density at radius 1 is 1.23 bits per heavy atom. The van der Waals surface area contributed by atoms with E-state index in [4.69, 9.17) is 9.84 Å². The zero-order chi connectivity index (χ0) is 30.9. The number of anilines is 3. The molecule has 0 fully saturated rings. The quantitative estimate of drug-likeness (QED) is 0.0795. The molecule has 16 heteroatoms. The summed E-state index contributed by atoms with van der Waals surface area (Å²) in [4.78, 5) is 38.0. The van der Waals surface area contributed by atoms with Gasteiger partial charge < -0.3 is 25.4 Å². The number of aromatic nitrogens is 5. The minimum Gasteiger partial charge on any atom is -0.481 e. The molecule has 0 aliphatic heterocycles. The number of thiazole rings is 1. The van der Waals surface area contributed by atoms with Gasteiger partial charge >= 0.3 is 11.9 Å². The van der Waals surface area contributed by atoms with E-state index in [1.807, 2.05) is 24.3 Å². The van der Waals surface area contributed by atoms with Crippen LogP contribution < -0.4 is 15.5 Å². The number of benzene rings is 1.